The van der Waals surface area contributed by atoms with Crippen LogP contribution in [0, 0.1) is 6.92 Å². The Morgan fingerprint density at radius 3 is 2.56 bits per heavy atom. The van der Waals surface area contributed by atoms with Crippen molar-refractivity contribution in [3.8, 4) is 5.75 Å². The lowest BCUT2D eigenvalue weighted by Crippen LogP contribution is -2.39. The molecule has 5 nitrogen and oxygen atoms in total. The van der Waals surface area contributed by atoms with E-state index in [4.69, 9.17) is 9.84 Å². The summed E-state index contributed by atoms with van der Waals surface area (Å²) < 4.78 is 5.50. The first-order chi connectivity index (χ1) is 12.0. The number of ether oxygens (including phenoxy) is 1. The zero-order chi connectivity index (χ0) is 18.1. The summed E-state index contributed by atoms with van der Waals surface area (Å²) in [5.74, 6) is -0.489. The minimum atomic E-state index is -0.872. The molecule has 0 fully saturated rings. The van der Waals surface area contributed by atoms with Crippen LogP contribution < -0.4 is 10.1 Å². The molecular formula is C20H23NO4. The summed E-state index contributed by atoms with van der Waals surface area (Å²) in [4.78, 5) is 23.0. The van der Waals surface area contributed by atoms with Crippen molar-refractivity contribution in [3.63, 3.8) is 0 Å². The number of hydrogen-bond donors (Lipinski definition) is 2. The molecule has 2 rings (SSSR count). The maximum Gasteiger partial charge on any atom is 0.303 e. The fraction of sp³-hybridized carbons (Fsp3) is 0.300. The molecular weight excluding hydrogens is 318 g/mol. The van der Waals surface area contributed by atoms with Crippen molar-refractivity contribution in [2.75, 3.05) is 6.61 Å². The average Bonchev–Trinajstić information content (AvgIpc) is 2.59. The van der Waals surface area contributed by atoms with Crippen LogP contribution in [0.3, 0.4) is 0 Å². The largest absolute Gasteiger partial charge is 0.484 e. The van der Waals surface area contributed by atoms with E-state index < -0.39 is 5.97 Å². The number of carboxylic acid groups (broad SMARTS) is 1. The van der Waals surface area contributed by atoms with Crippen LogP contribution >= 0.6 is 0 Å². The van der Waals surface area contributed by atoms with Crippen molar-refractivity contribution in [2.45, 2.75) is 32.2 Å². The van der Waals surface area contributed by atoms with Gasteiger partial charge in [0.05, 0.1) is 0 Å². The van der Waals surface area contributed by atoms with Crippen LogP contribution in [-0.2, 0) is 16.0 Å². The Bertz CT molecular complexity index is 700. The van der Waals surface area contributed by atoms with Crippen LogP contribution in [0.2, 0.25) is 0 Å². The van der Waals surface area contributed by atoms with E-state index in [0.717, 1.165) is 11.1 Å². The third kappa shape index (κ3) is 7.08. The third-order valence-corrected chi connectivity index (χ3v) is 3.76. The summed E-state index contributed by atoms with van der Waals surface area (Å²) in [6.07, 6.45) is 0.973. The van der Waals surface area contributed by atoms with Crippen LogP contribution in [-0.4, -0.2) is 29.6 Å². The summed E-state index contributed by atoms with van der Waals surface area (Å²) in [6, 6.07) is 16.9. The molecule has 5 heteroatoms. The van der Waals surface area contributed by atoms with Crippen LogP contribution in [0.25, 0.3) is 0 Å². The van der Waals surface area contributed by atoms with Gasteiger partial charge in [0.2, 0.25) is 0 Å². The number of aryl methyl sites for hydroxylation is 1. The monoisotopic (exact) mass is 341 g/mol. The molecule has 1 atom stereocenters. The highest BCUT2D eigenvalue weighted by atomic mass is 16.5. The van der Waals surface area contributed by atoms with Crippen molar-refractivity contribution in [3.05, 3.63) is 65.7 Å². The van der Waals surface area contributed by atoms with E-state index >= 15 is 0 Å². The third-order valence-electron chi connectivity index (χ3n) is 3.76. The maximum absolute atomic E-state index is 12.2. The highest BCUT2D eigenvalue weighted by molar-refractivity contribution is 5.78. The molecule has 0 heterocycles. The molecule has 132 valence electrons. The van der Waals surface area contributed by atoms with Crippen molar-refractivity contribution >= 4 is 11.9 Å². The average molecular weight is 341 g/mol. The summed E-state index contributed by atoms with van der Waals surface area (Å²) >= 11 is 0. The minimum Gasteiger partial charge on any atom is -0.484 e. The van der Waals surface area contributed by atoms with Gasteiger partial charge >= 0.3 is 5.97 Å². The lowest BCUT2D eigenvalue weighted by molar-refractivity contribution is -0.137. The Kier molecular flexibility index (Phi) is 7.01. The van der Waals surface area contributed by atoms with Crippen molar-refractivity contribution in [2.24, 2.45) is 0 Å². The number of carbonyl (C=O) groups is 2. The maximum atomic E-state index is 12.2. The normalized spacial score (nSPS) is 11.6. The van der Waals surface area contributed by atoms with Gasteiger partial charge in [-0.15, -0.1) is 0 Å². The van der Waals surface area contributed by atoms with Crippen LogP contribution in [0.15, 0.2) is 54.6 Å². The minimum absolute atomic E-state index is 0.0104. The van der Waals surface area contributed by atoms with Gasteiger partial charge in [0.15, 0.2) is 6.61 Å². The molecule has 0 saturated carbocycles. The fourth-order valence-electron chi connectivity index (χ4n) is 2.54. The van der Waals surface area contributed by atoms with Gasteiger partial charge in [-0.3, -0.25) is 9.59 Å². The number of amides is 1. The summed E-state index contributed by atoms with van der Waals surface area (Å²) in [7, 11) is 0. The van der Waals surface area contributed by atoms with Crippen molar-refractivity contribution < 1.29 is 19.4 Å². The summed E-state index contributed by atoms with van der Waals surface area (Å²) in [5.41, 5.74) is 2.11. The highest BCUT2D eigenvalue weighted by Crippen LogP contribution is 2.12. The van der Waals surface area contributed by atoms with Gasteiger partial charge in [-0.25, -0.2) is 0 Å². The zero-order valence-electron chi connectivity index (χ0n) is 14.3. The van der Waals surface area contributed by atoms with E-state index in [1.807, 2.05) is 55.5 Å². The van der Waals surface area contributed by atoms with Gasteiger partial charge in [0, 0.05) is 12.5 Å². The second-order valence-corrected chi connectivity index (χ2v) is 5.99. The van der Waals surface area contributed by atoms with Crippen molar-refractivity contribution in [1.82, 2.24) is 5.32 Å². The van der Waals surface area contributed by atoms with Gasteiger partial charge in [-0.2, -0.15) is 0 Å². The van der Waals surface area contributed by atoms with Crippen LogP contribution in [0.4, 0.5) is 0 Å². The molecule has 1 unspecified atom stereocenters. The van der Waals surface area contributed by atoms with E-state index in [-0.39, 0.29) is 25.0 Å². The molecule has 2 aromatic carbocycles. The molecule has 0 radical (unpaired) electrons. The summed E-state index contributed by atoms with van der Waals surface area (Å²) in [6.45, 7) is 1.86. The topological polar surface area (TPSA) is 75.6 Å². The van der Waals surface area contributed by atoms with Gasteiger partial charge in [0.1, 0.15) is 5.75 Å². The molecule has 0 bridgehead atoms. The Balaban J connectivity index is 1.90. The molecule has 0 aliphatic carbocycles. The number of rotatable bonds is 9. The Morgan fingerprint density at radius 1 is 1.12 bits per heavy atom. The SMILES string of the molecule is Cc1cccc(OCC(=O)NC(CCC(=O)O)Cc2ccccc2)c1. The van der Waals surface area contributed by atoms with E-state index in [1.54, 1.807) is 6.07 Å². The number of carbonyl (C=O) groups excluding carboxylic acids is 1. The number of hydrogen-bond acceptors (Lipinski definition) is 3. The van der Waals surface area contributed by atoms with Crippen molar-refractivity contribution in [1.29, 1.82) is 0 Å². The lowest BCUT2D eigenvalue weighted by Gasteiger charge is -2.18. The van der Waals surface area contributed by atoms with Gasteiger partial charge in [-0.05, 0) is 43.0 Å². The first-order valence-corrected chi connectivity index (χ1v) is 8.27. The van der Waals surface area contributed by atoms with Gasteiger partial charge in [-0.1, -0.05) is 42.5 Å². The molecule has 25 heavy (non-hydrogen) atoms. The molecule has 0 saturated heterocycles. The van der Waals surface area contributed by atoms with Crippen LogP contribution in [0.5, 0.6) is 5.75 Å². The Hall–Kier alpha value is -2.82. The number of carboxylic acids is 1. The Morgan fingerprint density at radius 2 is 1.88 bits per heavy atom. The second-order valence-electron chi connectivity index (χ2n) is 5.99. The van der Waals surface area contributed by atoms with E-state index in [9.17, 15) is 9.59 Å². The molecule has 0 spiro atoms. The molecule has 1 amide bonds. The molecule has 2 N–H and O–H groups in total. The number of benzene rings is 2. The standard InChI is InChI=1S/C20H23NO4/c1-15-6-5-9-18(12-15)25-14-19(22)21-17(10-11-20(23)24)13-16-7-3-2-4-8-16/h2-9,12,17H,10-11,13-14H2,1H3,(H,21,22)(H,23,24). The first-order valence-electron chi connectivity index (χ1n) is 8.27. The lowest BCUT2D eigenvalue weighted by atomic mass is 10.0. The number of aliphatic carboxylic acids is 1. The predicted octanol–water partition coefficient (Wildman–Crippen LogP) is 2.97. The van der Waals surface area contributed by atoms with E-state index in [2.05, 4.69) is 5.32 Å². The van der Waals surface area contributed by atoms with E-state index in [0.29, 0.717) is 18.6 Å². The fourth-order valence-corrected chi connectivity index (χ4v) is 2.54. The van der Waals surface area contributed by atoms with Gasteiger partial charge < -0.3 is 15.2 Å². The molecule has 0 aliphatic rings. The summed E-state index contributed by atoms with van der Waals surface area (Å²) in [5, 5.41) is 11.8. The highest BCUT2D eigenvalue weighted by Gasteiger charge is 2.15. The second kappa shape index (κ2) is 9.47. The quantitative estimate of drug-likeness (QED) is 0.735. The molecule has 2 aromatic rings. The Labute approximate surface area is 147 Å². The number of nitrogens with one attached hydrogen (secondary N) is 1. The first kappa shape index (κ1) is 18.5. The van der Waals surface area contributed by atoms with E-state index in [1.165, 1.54) is 0 Å². The zero-order valence-corrected chi connectivity index (χ0v) is 14.3. The molecule has 0 aromatic heterocycles. The van der Waals surface area contributed by atoms with Crippen LogP contribution in [0.1, 0.15) is 24.0 Å². The smallest absolute Gasteiger partial charge is 0.303 e. The van der Waals surface area contributed by atoms with Gasteiger partial charge in [0.25, 0.3) is 5.91 Å². The molecule has 0 aliphatic heterocycles. The predicted molar refractivity (Wildman–Crippen MR) is 95.6 cm³/mol.